The molecule has 0 unspecified atom stereocenters. The van der Waals surface area contributed by atoms with Crippen LogP contribution in [0.25, 0.3) is 0 Å². The molecule has 0 radical (unpaired) electrons. The van der Waals surface area contributed by atoms with E-state index in [-0.39, 0.29) is 30.1 Å². The molecule has 2 amide bonds. The summed E-state index contributed by atoms with van der Waals surface area (Å²) >= 11 is 0. The molecule has 9 nitrogen and oxygen atoms in total. The predicted molar refractivity (Wildman–Crippen MR) is 101 cm³/mol. The van der Waals surface area contributed by atoms with Gasteiger partial charge in [-0.15, -0.1) is 13.2 Å². The van der Waals surface area contributed by atoms with Gasteiger partial charge in [-0.25, -0.2) is 4.79 Å². The second-order valence-corrected chi connectivity index (χ2v) is 7.53. The molecule has 0 spiro atoms. The van der Waals surface area contributed by atoms with Crippen LogP contribution in [0.3, 0.4) is 0 Å². The van der Waals surface area contributed by atoms with E-state index >= 15 is 0 Å². The Morgan fingerprint density at radius 2 is 1.90 bits per heavy atom. The highest BCUT2D eigenvalue weighted by atomic mass is 19.4. The molecule has 3 N–H and O–H groups in total. The minimum absolute atomic E-state index is 0.0600. The number of halogens is 3. The Labute approximate surface area is 176 Å². The molecule has 0 bridgehead atoms. The van der Waals surface area contributed by atoms with E-state index < -0.39 is 35.8 Å². The molecule has 170 valence electrons. The first-order chi connectivity index (χ1) is 14.3. The van der Waals surface area contributed by atoms with Crippen molar-refractivity contribution in [2.45, 2.75) is 58.0 Å². The Bertz CT molecular complexity index is 908. The van der Waals surface area contributed by atoms with Gasteiger partial charge < -0.3 is 25.0 Å². The standard InChI is InChI=1S/C19H23F3N4O5/c1-18(2,3)30-17(28)25-15(11-7-4-5-8-12(11)29-19(20,21)22)16-24-14(31-26-16)10-6-9-13(23)27/h4-5,7-8,15H,6,9-10H2,1-3H3,(H2,23,27)(H,25,28)/t15-/m0/s1. The Morgan fingerprint density at radius 1 is 1.23 bits per heavy atom. The topological polar surface area (TPSA) is 130 Å². The molecule has 0 aliphatic heterocycles. The minimum atomic E-state index is -4.95. The summed E-state index contributed by atoms with van der Waals surface area (Å²) in [4.78, 5) is 27.3. The van der Waals surface area contributed by atoms with Crippen molar-refractivity contribution in [1.82, 2.24) is 15.5 Å². The van der Waals surface area contributed by atoms with Gasteiger partial charge in [0.05, 0.1) is 0 Å². The van der Waals surface area contributed by atoms with Crippen LogP contribution in [0.2, 0.25) is 0 Å². The molecule has 0 aliphatic rings. The van der Waals surface area contributed by atoms with Gasteiger partial charge in [0.15, 0.2) is 5.82 Å². The first-order valence-corrected chi connectivity index (χ1v) is 9.29. The molecule has 1 aromatic carbocycles. The van der Waals surface area contributed by atoms with Crippen molar-refractivity contribution in [1.29, 1.82) is 0 Å². The number of nitrogens with one attached hydrogen (secondary N) is 1. The van der Waals surface area contributed by atoms with E-state index in [1.165, 1.54) is 18.2 Å². The van der Waals surface area contributed by atoms with Gasteiger partial charge in [0.25, 0.3) is 0 Å². The van der Waals surface area contributed by atoms with Crippen molar-refractivity contribution in [3.8, 4) is 5.75 Å². The van der Waals surface area contributed by atoms with Gasteiger partial charge in [0, 0.05) is 18.4 Å². The molecule has 1 heterocycles. The highest BCUT2D eigenvalue weighted by Crippen LogP contribution is 2.33. The van der Waals surface area contributed by atoms with Gasteiger partial charge >= 0.3 is 12.5 Å². The van der Waals surface area contributed by atoms with E-state index in [0.717, 1.165) is 6.07 Å². The monoisotopic (exact) mass is 444 g/mol. The number of benzene rings is 1. The Morgan fingerprint density at radius 3 is 2.52 bits per heavy atom. The largest absolute Gasteiger partial charge is 0.573 e. The number of aryl methyl sites for hydroxylation is 1. The summed E-state index contributed by atoms with van der Waals surface area (Å²) in [5, 5.41) is 6.22. The Kier molecular flexibility index (Phi) is 7.47. The quantitative estimate of drug-likeness (QED) is 0.638. The van der Waals surface area contributed by atoms with Crippen molar-refractivity contribution >= 4 is 12.0 Å². The highest BCUT2D eigenvalue weighted by molar-refractivity contribution is 5.73. The summed E-state index contributed by atoms with van der Waals surface area (Å²) in [7, 11) is 0. The summed E-state index contributed by atoms with van der Waals surface area (Å²) in [6.45, 7) is 4.90. The van der Waals surface area contributed by atoms with Gasteiger partial charge in [-0.2, -0.15) is 4.98 Å². The van der Waals surface area contributed by atoms with E-state index in [1.54, 1.807) is 20.8 Å². The highest BCUT2D eigenvalue weighted by Gasteiger charge is 2.35. The zero-order valence-corrected chi connectivity index (χ0v) is 17.2. The molecule has 0 fully saturated rings. The van der Waals surface area contributed by atoms with Crippen molar-refractivity contribution < 1.29 is 36.8 Å². The Hall–Kier alpha value is -3.31. The van der Waals surface area contributed by atoms with Gasteiger partial charge in [-0.05, 0) is 33.3 Å². The number of alkyl halides is 3. The maximum atomic E-state index is 12.9. The third kappa shape index (κ3) is 8.15. The second-order valence-electron chi connectivity index (χ2n) is 7.53. The maximum absolute atomic E-state index is 12.9. The molecular formula is C19H23F3N4O5. The number of amides is 2. The third-order valence-electron chi connectivity index (χ3n) is 3.67. The molecular weight excluding hydrogens is 421 g/mol. The summed E-state index contributed by atoms with van der Waals surface area (Å²) in [6, 6.07) is 3.98. The molecule has 2 rings (SSSR count). The van der Waals surface area contributed by atoms with Gasteiger partial charge in [0.1, 0.15) is 17.4 Å². The number of hydrogen-bond donors (Lipinski definition) is 2. The third-order valence-corrected chi connectivity index (χ3v) is 3.67. The van der Waals surface area contributed by atoms with Crippen LogP contribution in [0, 0.1) is 0 Å². The first kappa shape index (κ1) is 24.0. The second kappa shape index (κ2) is 9.67. The summed E-state index contributed by atoms with van der Waals surface area (Å²) in [5.74, 6) is -1.03. The number of carbonyl (C=O) groups excluding carboxylic acids is 2. The molecule has 12 heteroatoms. The normalized spacial score (nSPS) is 12.8. The zero-order valence-electron chi connectivity index (χ0n) is 17.2. The number of carbonyl (C=O) groups is 2. The lowest BCUT2D eigenvalue weighted by atomic mass is 10.1. The fraction of sp³-hybridized carbons (Fsp3) is 0.474. The number of nitrogens with zero attached hydrogens (tertiary/aromatic N) is 2. The van der Waals surface area contributed by atoms with E-state index in [2.05, 4.69) is 20.2 Å². The van der Waals surface area contributed by atoms with Crippen LogP contribution < -0.4 is 15.8 Å². The number of hydrogen-bond acceptors (Lipinski definition) is 7. The summed E-state index contributed by atoms with van der Waals surface area (Å²) in [6.07, 6.45) is -5.20. The van der Waals surface area contributed by atoms with E-state index in [9.17, 15) is 22.8 Å². The number of ether oxygens (including phenoxy) is 2. The van der Waals surface area contributed by atoms with E-state index in [0.29, 0.717) is 6.42 Å². The van der Waals surface area contributed by atoms with Crippen molar-refractivity contribution in [3.63, 3.8) is 0 Å². The lowest BCUT2D eigenvalue weighted by Crippen LogP contribution is -2.36. The molecule has 1 aromatic heterocycles. The lowest BCUT2D eigenvalue weighted by molar-refractivity contribution is -0.275. The average Bonchev–Trinajstić information content (AvgIpc) is 3.06. The van der Waals surface area contributed by atoms with Crippen LogP contribution in [0.4, 0.5) is 18.0 Å². The molecule has 0 aliphatic carbocycles. The zero-order chi connectivity index (χ0) is 23.2. The smallest absolute Gasteiger partial charge is 0.444 e. The number of nitrogens with two attached hydrogens (primary N) is 1. The predicted octanol–water partition coefficient (Wildman–Crippen LogP) is 3.39. The van der Waals surface area contributed by atoms with Crippen molar-refractivity contribution in [2.24, 2.45) is 5.73 Å². The first-order valence-electron chi connectivity index (χ1n) is 9.29. The van der Waals surface area contributed by atoms with Crippen molar-refractivity contribution in [2.75, 3.05) is 0 Å². The maximum Gasteiger partial charge on any atom is 0.573 e. The SMILES string of the molecule is CC(C)(C)OC(=O)N[C@H](c1noc(CCCC(N)=O)n1)c1ccccc1OC(F)(F)F. The van der Waals surface area contributed by atoms with Gasteiger partial charge in [0.2, 0.25) is 11.8 Å². The summed E-state index contributed by atoms with van der Waals surface area (Å²) in [5.41, 5.74) is 4.17. The van der Waals surface area contributed by atoms with Crippen LogP contribution in [-0.4, -0.2) is 34.1 Å². The van der Waals surface area contributed by atoms with Crippen LogP contribution in [-0.2, 0) is 16.0 Å². The number of para-hydroxylation sites is 1. The molecule has 1 atom stereocenters. The minimum Gasteiger partial charge on any atom is -0.444 e. The lowest BCUT2D eigenvalue weighted by Gasteiger charge is -2.23. The van der Waals surface area contributed by atoms with E-state index in [1.807, 2.05) is 0 Å². The number of aromatic nitrogens is 2. The van der Waals surface area contributed by atoms with Crippen molar-refractivity contribution in [3.05, 3.63) is 41.5 Å². The molecule has 31 heavy (non-hydrogen) atoms. The molecule has 0 saturated carbocycles. The summed E-state index contributed by atoms with van der Waals surface area (Å²) < 4.78 is 53.0. The fourth-order valence-corrected chi connectivity index (χ4v) is 2.54. The number of alkyl carbamates (subject to hydrolysis) is 1. The number of rotatable bonds is 8. The Balaban J connectivity index is 2.36. The van der Waals surface area contributed by atoms with Crippen LogP contribution in [0.5, 0.6) is 5.75 Å². The van der Waals surface area contributed by atoms with E-state index in [4.69, 9.17) is 15.0 Å². The van der Waals surface area contributed by atoms with Crippen LogP contribution in [0.1, 0.15) is 56.9 Å². The van der Waals surface area contributed by atoms with Crippen LogP contribution >= 0.6 is 0 Å². The average molecular weight is 444 g/mol. The van der Waals surface area contributed by atoms with Gasteiger partial charge in [-0.3, -0.25) is 4.79 Å². The van der Waals surface area contributed by atoms with Gasteiger partial charge in [-0.1, -0.05) is 23.4 Å². The fourth-order valence-electron chi connectivity index (χ4n) is 2.54. The molecule has 2 aromatic rings. The number of primary amides is 1. The van der Waals surface area contributed by atoms with Crippen LogP contribution in [0.15, 0.2) is 28.8 Å². The molecule has 0 saturated heterocycles.